The largest absolute Gasteiger partial charge is 0.461 e. The number of Topliss-reactive ketones (excluding diaryl/α,β-unsaturated/α-hetero) is 2. The van der Waals surface area contributed by atoms with Gasteiger partial charge in [0.2, 0.25) is 5.78 Å². The smallest absolute Gasteiger partial charge is 0.208 e. The molecule has 1 aliphatic rings. The summed E-state index contributed by atoms with van der Waals surface area (Å²) in [5, 5.41) is 0. The van der Waals surface area contributed by atoms with Gasteiger partial charge in [0.1, 0.15) is 5.78 Å². The highest BCUT2D eigenvalue weighted by molar-refractivity contribution is 6.09. The molecule has 1 heterocycles. The number of furan rings is 1. The first-order chi connectivity index (χ1) is 8.09. The highest BCUT2D eigenvalue weighted by Gasteiger charge is 2.36. The molecule has 0 saturated heterocycles. The van der Waals surface area contributed by atoms with Crippen LogP contribution in [0.3, 0.4) is 0 Å². The minimum Gasteiger partial charge on any atom is -0.461 e. The van der Waals surface area contributed by atoms with Gasteiger partial charge in [-0.3, -0.25) is 9.59 Å². The van der Waals surface area contributed by atoms with E-state index in [9.17, 15) is 9.59 Å². The molecule has 2 atom stereocenters. The van der Waals surface area contributed by atoms with Gasteiger partial charge in [-0.1, -0.05) is 13.8 Å². The molecule has 0 aliphatic heterocycles. The van der Waals surface area contributed by atoms with Gasteiger partial charge in [-0.05, 0) is 36.8 Å². The number of hydrogen-bond donors (Lipinski definition) is 0. The Morgan fingerprint density at radius 3 is 2.82 bits per heavy atom. The van der Waals surface area contributed by atoms with Crippen LogP contribution in [-0.4, -0.2) is 11.6 Å². The number of rotatable bonds is 3. The Balaban J connectivity index is 2.13. The third-order valence-corrected chi connectivity index (χ3v) is 3.71. The standard InChI is InChI=1S/C14H18O3/c1-9(2)10-5-6-12(15)11(8-10)14(16)13-4-3-7-17-13/h3-4,7,9-11H,5-6,8H2,1-2H3. The first-order valence-corrected chi connectivity index (χ1v) is 6.20. The average molecular weight is 234 g/mol. The normalized spacial score (nSPS) is 25.2. The third kappa shape index (κ3) is 2.48. The van der Waals surface area contributed by atoms with Crippen LogP contribution in [0.5, 0.6) is 0 Å². The molecule has 17 heavy (non-hydrogen) atoms. The molecule has 0 bridgehead atoms. The van der Waals surface area contributed by atoms with Crippen molar-refractivity contribution < 1.29 is 14.0 Å². The lowest BCUT2D eigenvalue weighted by atomic mass is 9.74. The first-order valence-electron chi connectivity index (χ1n) is 6.20. The van der Waals surface area contributed by atoms with E-state index < -0.39 is 5.92 Å². The number of carbonyl (C=O) groups is 2. The van der Waals surface area contributed by atoms with Crippen molar-refractivity contribution in [3.63, 3.8) is 0 Å². The Labute approximate surface area is 101 Å². The summed E-state index contributed by atoms with van der Waals surface area (Å²) in [5.74, 6) is 0.746. The number of ketones is 2. The fourth-order valence-corrected chi connectivity index (χ4v) is 2.50. The summed E-state index contributed by atoms with van der Waals surface area (Å²) >= 11 is 0. The molecule has 1 fully saturated rings. The van der Waals surface area contributed by atoms with Crippen LogP contribution in [0, 0.1) is 17.8 Å². The fraction of sp³-hybridized carbons (Fsp3) is 0.571. The molecule has 0 spiro atoms. The summed E-state index contributed by atoms with van der Waals surface area (Å²) in [5.41, 5.74) is 0. The summed E-state index contributed by atoms with van der Waals surface area (Å²) in [6.07, 6.45) is 3.59. The molecule has 1 aliphatic carbocycles. The van der Waals surface area contributed by atoms with E-state index in [2.05, 4.69) is 13.8 Å². The van der Waals surface area contributed by atoms with Crippen LogP contribution in [-0.2, 0) is 4.79 Å². The van der Waals surface area contributed by atoms with Crippen LogP contribution in [0.2, 0.25) is 0 Å². The molecule has 1 aromatic heterocycles. The van der Waals surface area contributed by atoms with E-state index in [0.29, 0.717) is 30.4 Å². The fourth-order valence-electron chi connectivity index (χ4n) is 2.50. The van der Waals surface area contributed by atoms with Crippen molar-refractivity contribution in [1.29, 1.82) is 0 Å². The Hall–Kier alpha value is -1.38. The van der Waals surface area contributed by atoms with Crippen molar-refractivity contribution >= 4 is 11.6 Å². The van der Waals surface area contributed by atoms with Crippen molar-refractivity contribution in [2.75, 3.05) is 0 Å². The summed E-state index contributed by atoms with van der Waals surface area (Å²) in [4.78, 5) is 24.0. The maximum Gasteiger partial charge on any atom is 0.208 e. The molecule has 3 nitrogen and oxygen atoms in total. The molecule has 2 unspecified atom stereocenters. The SMILES string of the molecule is CC(C)C1CCC(=O)C(C(=O)c2ccco2)C1. The van der Waals surface area contributed by atoms with Gasteiger partial charge >= 0.3 is 0 Å². The Kier molecular flexibility index (Phi) is 3.46. The minimum absolute atomic E-state index is 0.0725. The topological polar surface area (TPSA) is 47.3 Å². The Morgan fingerprint density at radius 2 is 2.24 bits per heavy atom. The lowest BCUT2D eigenvalue weighted by Gasteiger charge is -2.29. The van der Waals surface area contributed by atoms with Gasteiger partial charge in [-0.25, -0.2) is 0 Å². The van der Waals surface area contributed by atoms with Gasteiger partial charge in [-0.15, -0.1) is 0 Å². The molecule has 1 aromatic rings. The zero-order valence-electron chi connectivity index (χ0n) is 10.3. The number of carbonyl (C=O) groups excluding carboxylic acids is 2. The molecular formula is C14H18O3. The predicted octanol–water partition coefficient (Wildman–Crippen LogP) is 3.10. The first kappa shape index (κ1) is 12.1. The maximum absolute atomic E-state index is 12.1. The quantitative estimate of drug-likeness (QED) is 0.596. The highest BCUT2D eigenvalue weighted by Crippen LogP contribution is 2.33. The molecule has 0 N–H and O–H groups in total. The van der Waals surface area contributed by atoms with E-state index in [1.807, 2.05) is 0 Å². The predicted molar refractivity (Wildman–Crippen MR) is 63.7 cm³/mol. The second-order valence-corrected chi connectivity index (χ2v) is 5.14. The molecule has 1 saturated carbocycles. The maximum atomic E-state index is 12.1. The molecule has 0 radical (unpaired) electrons. The van der Waals surface area contributed by atoms with Gasteiger partial charge in [0.25, 0.3) is 0 Å². The summed E-state index contributed by atoms with van der Waals surface area (Å²) in [6, 6.07) is 3.31. The van der Waals surface area contributed by atoms with Crippen molar-refractivity contribution in [3.05, 3.63) is 24.2 Å². The minimum atomic E-state index is -0.484. The van der Waals surface area contributed by atoms with Crippen molar-refractivity contribution in [2.24, 2.45) is 17.8 Å². The monoisotopic (exact) mass is 234 g/mol. The van der Waals surface area contributed by atoms with Gasteiger partial charge < -0.3 is 4.42 Å². The molecule has 3 heteroatoms. The van der Waals surface area contributed by atoms with E-state index >= 15 is 0 Å². The average Bonchev–Trinajstić information content (AvgIpc) is 2.81. The summed E-state index contributed by atoms with van der Waals surface area (Å²) in [6.45, 7) is 4.30. The Morgan fingerprint density at radius 1 is 1.47 bits per heavy atom. The van der Waals surface area contributed by atoms with E-state index in [0.717, 1.165) is 6.42 Å². The van der Waals surface area contributed by atoms with Crippen molar-refractivity contribution in [3.8, 4) is 0 Å². The molecular weight excluding hydrogens is 216 g/mol. The lowest BCUT2D eigenvalue weighted by molar-refractivity contribution is -0.124. The zero-order valence-corrected chi connectivity index (χ0v) is 10.3. The van der Waals surface area contributed by atoms with Crippen molar-refractivity contribution in [2.45, 2.75) is 33.1 Å². The van der Waals surface area contributed by atoms with Gasteiger partial charge in [-0.2, -0.15) is 0 Å². The van der Waals surface area contributed by atoms with E-state index in [1.54, 1.807) is 12.1 Å². The molecule has 92 valence electrons. The van der Waals surface area contributed by atoms with Crippen LogP contribution in [0.4, 0.5) is 0 Å². The Bertz CT molecular complexity index is 403. The van der Waals surface area contributed by atoms with E-state index in [-0.39, 0.29) is 11.6 Å². The second-order valence-electron chi connectivity index (χ2n) is 5.14. The van der Waals surface area contributed by atoms with E-state index in [4.69, 9.17) is 4.42 Å². The molecule has 0 amide bonds. The second kappa shape index (κ2) is 4.86. The van der Waals surface area contributed by atoms with Crippen LogP contribution < -0.4 is 0 Å². The van der Waals surface area contributed by atoms with Crippen LogP contribution in [0.15, 0.2) is 22.8 Å². The molecule has 2 rings (SSSR count). The summed E-state index contributed by atoms with van der Waals surface area (Å²) in [7, 11) is 0. The molecule has 0 aromatic carbocycles. The van der Waals surface area contributed by atoms with Crippen molar-refractivity contribution in [1.82, 2.24) is 0 Å². The summed E-state index contributed by atoms with van der Waals surface area (Å²) < 4.78 is 5.09. The van der Waals surface area contributed by atoms with Gasteiger partial charge in [0, 0.05) is 6.42 Å². The number of hydrogen-bond acceptors (Lipinski definition) is 3. The highest BCUT2D eigenvalue weighted by atomic mass is 16.3. The van der Waals surface area contributed by atoms with Gasteiger partial charge in [0.15, 0.2) is 5.76 Å². The van der Waals surface area contributed by atoms with Gasteiger partial charge in [0.05, 0.1) is 12.2 Å². The lowest BCUT2D eigenvalue weighted by Crippen LogP contribution is -2.32. The van der Waals surface area contributed by atoms with Crippen LogP contribution in [0.1, 0.15) is 43.7 Å². The van der Waals surface area contributed by atoms with E-state index in [1.165, 1.54) is 6.26 Å². The van der Waals surface area contributed by atoms with Crippen LogP contribution in [0.25, 0.3) is 0 Å². The zero-order chi connectivity index (χ0) is 12.4. The third-order valence-electron chi connectivity index (χ3n) is 3.71. The van der Waals surface area contributed by atoms with Crippen LogP contribution >= 0.6 is 0 Å².